The summed E-state index contributed by atoms with van der Waals surface area (Å²) >= 11 is 0. The Hall–Kier alpha value is -0.870. The van der Waals surface area contributed by atoms with Crippen molar-refractivity contribution in [3.8, 4) is 0 Å². The number of aromatic amines is 1. The first-order valence-electron chi connectivity index (χ1n) is 8.03. The van der Waals surface area contributed by atoms with Crippen molar-refractivity contribution in [1.82, 2.24) is 15.5 Å². The monoisotopic (exact) mass is 277 g/mol. The van der Waals surface area contributed by atoms with E-state index in [9.17, 15) is 0 Å². The van der Waals surface area contributed by atoms with E-state index in [0.717, 1.165) is 19.3 Å². The minimum absolute atomic E-state index is 0.339. The van der Waals surface area contributed by atoms with Gasteiger partial charge in [-0.05, 0) is 44.1 Å². The smallest absolute Gasteiger partial charge is 0.0657 e. The quantitative estimate of drug-likeness (QED) is 0.869. The van der Waals surface area contributed by atoms with Gasteiger partial charge in [-0.15, -0.1) is 0 Å². The van der Waals surface area contributed by atoms with Gasteiger partial charge in [0.05, 0.1) is 12.3 Å². The molecule has 2 aliphatic carbocycles. The molecule has 0 saturated heterocycles. The summed E-state index contributed by atoms with van der Waals surface area (Å²) in [5, 5.41) is 11.2. The number of H-pyrrole nitrogens is 1. The first-order chi connectivity index (χ1) is 9.73. The highest BCUT2D eigenvalue weighted by Crippen LogP contribution is 2.49. The van der Waals surface area contributed by atoms with E-state index < -0.39 is 0 Å². The zero-order valence-electron chi connectivity index (χ0n) is 12.9. The summed E-state index contributed by atoms with van der Waals surface area (Å²) in [4.78, 5) is 0. The Morgan fingerprint density at radius 1 is 1.45 bits per heavy atom. The summed E-state index contributed by atoms with van der Waals surface area (Å²) in [5.74, 6) is 0. The SMILES string of the molecule is CCC1(CC)[C@H](N[C@@H]2CCc3[nH]ncc3C2)C[C@H]1OC. The highest BCUT2D eigenvalue weighted by molar-refractivity contribution is 5.21. The van der Waals surface area contributed by atoms with Crippen molar-refractivity contribution >= 4 is 0 Å². The van der Waals surface area contributed by atoms with Crippen LogP contribution in [0.2, 0.25) is 0 Å². The third-order valence-corrected chi connectivity index (χ3v) is 5.84. The lowest BCUT2D eigenvalue weighted by atomic mass is 9.58. The molecule has 0 aromatic carbocycles. The van der Waals surface area contributed by atoms with Crippen LogP contribution in [0.25, 0.3) is 0 Å². The van der Waals surface area contributed by atoms with Gasteiger partial charge in [-0.1, -0.05) is 13.8 Å². The number of aromatic nitrogens is 2. The molecule has 0 unspecified atom stereocenters. The molecule has 0 bridgehead atoms. The minimum atomic E-state index is 0.339. The van der Waals surface area contributed by atoms with E-state index in [4.69, 9.17) is 4.74 Å². The van der Waals surface area contributed by atoms with Crippen LogP contribution in [0.4, 0.5) is 0 Å². The molecule has 1 saturated carbocycles. The fraction of sp³-hybridized carbons (Fsp3) is 0.812. The molecule has 4 nitrogen and oxygen atoms in total. The third-order valence-electron chi connectivity index (χ3n) is 5.84. The zero-order valence-corrected chi connectivity index (χ0v) is 12.9. The molecular formula is C16H27N3O. The molecule has 3 atom stereocenters. The van der Waals surface area contributed by atoms with E-state index in [-0.39, 0.29) is 0 Å². The van der Waals surface area contributed by atoms with Gasteiger partial charge in [0.25, 0.3) is 0 Å². The Kier molecular flexibility index (Phi) is 3.87. The zero-order chi connectivity index (χ0) is 14.2. The highest BCUT2D eigenvalue weighted by Gasteiger charge is 2.53. The van der Waals surface area contributed by atoms with E-state index in [1.165, 1.54) is 30.5 Å². The molecule has 1 heterocycles. The topological polar surface area (TPSA) is 49.9 Å². The van der Waals surface area contributed by atoms with E-state index >= 15 is 0 Å². The average Bonchev–Trinajstić information content (AvgIpc) is 2.92. The summed E-state index contributed by atoms with van der Waals surface area (Å²) in [6.07, 6.45) is 9.44. The van der Waals surface area contributed by atoms with Crippen molar-refractivity contribution in [2.75, 3.05) is 7.11 Å². The van der Waals surface area contributed by atoms with Crippen LogP contribution in [0, 0.1) is 5.41 Å². The van der Waals surface area contributed by atoms with Gasteiger partial charge in [-0.3, -0.25) is 5.10 Å². The highest BCUT2D eigenvalue weighted by atomic mass is 16.5. The molecule has 20 heavy (non-hydrogen) atoms. The predicted octanol–water partition coefficient (Wildman–Crippen LogP) is 2.45. The van der Waals surface area contributed by atoms with Crippen LogP contribution < -0.4 is 5.32 Å². The summed E-state index contributed by atoms with van der Waals surface area (Å²) in [7, 11) is 1.86. The second-order valence-corrected chi connectivity index (χ2v) is 6.43. The first-order valence-corrected chi connectivity index (χ1v) is 8.03. The molecule has 2 aliphatic rings. The van der Waals surface area contributed by atoms with E-state index in [0.29, 0.717) is 23.6 Å². The lowest BCUT2D eigenvalue weighted by molar-refractivity contribution is -0.126. The number of hydrogen-bond donors (Lipinski definition) is 2. The molecule has 1 aromatic heterocycles. The normalized spacial score (nSPS) is 31.6. The molecule has 0 spiro atoms. The summed E-state index contributed by atoms with van der Waals surface area (Å²) in [5.41, 5.74) is 3.07. The van der Waals surface area contributed by atoms with Crippen LogP contribution in [0.1, 0.15) is 50.8 Å². The largest absolute Gasteiger partial charge is 0.381 e. The van der Waals surface area contributed by atoms with Crippen LogP contribution >= 0.6 is 0 Å². The minimum Gasteiger partial charge on any atom is -0.381 e. The van der Waals surface area contributed by atoms with Crippen molar-refractivity contribution in [2.24, 2.45) is 5.41 Å². The van der Waals surface area contributed by atoms with Gasteiger partial charge in [0.2, 0.25) is 0 Å². The first kappa shape index (κ1) is 14.1. The number of nitrogens with one attached hydrogen (secondary N) is 2. The Balaban J connectivity index is 1.64. The average molecular weight is 277 g/mol. The van der Waals surface area contributed by atoms with Crippen LogP contribution in [0.3, 0.4) is 0 Å². The Labute approximate surface area is 121 Å². The molecule has 0 radical (unpaired) electrons. The molecule has 4 heteroatoms. The van der Waals surface area contributed by atoms with Gasteiger partial charge in [-0.2, -0.15) is 5.10 Å². The molecule has 112 valence electrons. The maximum Gasteiger partial charge on any atom is 0.0657 e. The lowest BCUT2D eigenvalue weighted by Gasteiger charge is -2.56. The molecule has 1 fully saturated rings. The Bertz CT molecular complexity index is 452. The van der Waals surface area contributed by atoms with Gasteiger partial charge >= 0.3 is 0 Å². The van der Waals surface area contributed by atoms with E-state index in [1.54, 1.807) is 0 Å². The Morgan fingerprint density at radius 2 is 2.25 bits per heavy atom. The van der Waals surface area contributed by atoms with Crippen LogP contribution in [0.15, 0.2) is 6.20 Å². The molecule has 1 aromatic rings. The number of aryl methyl sites for hydroxylation is 1. The number of ether oxygens (including phenoxy) is 1. The number of fused-ring (bicyclic) bond motifs is 1. The molecule has 2 N–H and O–H groups in total. The molecular weight excluding hydrogens is 250 g/mol. The third kappa shape index (κ3) is 2.09. The number of rotatable bonds is 5. The maximum absolute atomic E-state index is 5.69. The maximum atomic E-state index is 5.69. The van der Waals surface area contributed by atoms with Crippen molar-refractivity contribution in [2.45, 2.75) is 70.6 Å². The predicted molar refractivity (Wildman–Crippen MR) is 79.8 cm³/mol. The number of hydrogen-bond acceptors (Lipinski definition) is 3. The van der Waals surface area contributed by atoms with Crippen molar-refractivity contribution in [3.05, 3.63) is 17.5 Å². The molecule has 3 rings (SSSR count). The number of methoxy groups -OCH3 is 1. The van der Waals surface area contributed by atoms with Crippen LogP contribution in [0.5, 0.6) is 0 Å². The van der Waals surface area contributed by atoms with Crippen LogP contribution in [-0.4, -0.2) is 35.5 Å². The van der Waals surface area contributed by atoms with Gasteiger partial charge < -0.3 is 10.1 Å². The van der Waals surface area contributed by atoms with Crippen molar-refractivity contribution in [3.63, 3.8) is 0 Å². The summed E-state index contributed by atoms with van der Waals surface area (Å²) in [6.45, 7) is 4.61. The van der Waals surface area contributed by atoms with E-state index in [1.807, 2.05) is 13.3 Å². The van der Waals surface area contributed by atoms with E-state index in [2.05, 4.69) is 29.4 Å². The second-order valence-electron chi connectivity index (χ2n) is 6.43. The standard InChI is InChI=1S/C16H27N3O/c1-4-16(5-2)14(9-15(16)20-3)18-12-6-7-13-11(8-12)10-17-19-13/h10,12,14-15,18H,4-9H2,1-3H3,(H,17,19)/t12-,14-,15-/m1/s1. The van der Waals surface area contributed by atoms with Gasteiger partial charge in [0.15, 0.2) is 0 Å². The van der Waals surface area contributed by atoms with Gasteiger partial charge in [0, 0.05) is 30.3 Å². The fourth-order valence-electron chi connectivity index (χ4n) is 4.35. The molecule has 0 amide bonds. The van der Waals surface area contributed by atoms with Gasteiger partial charge in [0.1, 0.15) is 0 Å². The fourth-order valence-corrected chi connectivity index (χ4v) is 4.35. The van der Waals surface area contributed by atoms with Gasteiger partial charge in [-0.25, -0.2) is 0 Å². The Morgan fingerprint density at radius 3 is 2.95 bits per heavy atom. The molecule has 0 aliphatic heterocycles. The van der Waals surface area contributed by atoms with Crippen LogP contribution in [-0.2, 0) is 17.6 Å². The second kappa shape index (κ2) is 5.49. The van der Waals surface area contributed by atoms with Crippen molar-refractivity contribution < 1.29 is 4.74 Å². The van der Waals surface area contributed by atoms with Crippen molar-refractivity contribution in [1.29, 1.82) is 0 Å². The lowest BCUT2D eigenvalue weighted by Crippen LogP contribution is -2.65. The number of nitrogens with zero attached hydrogens (tertiary/aromatic N) is 1. The summed E-state index contributed by atoms with van der Waals surface area (Å²) in [6, 6.07) is 1.21. The summed E-state index contributed by atoms with van der Waals surface area (Å²) < 4.78 is 5.69.